The Morgan fingerprint density at radius 1 is 0.386 bits per heavy atom. The van der Waals surface area contributed by atoms with Gasteiger partial charge in [-0.3, -0.25) is 9.59 Å². The number of nitrogens with one attached hydrogen (secondary N) is 1. The average Bonchev–Trinajstić information content (AvgIpc) is 3.36. The van der Waals surface area contributed by atoms with Crippen molar-refractivity contribution in [3.8, 4) is 0 Å². The van der Waals surface area contributed by atoms with Crippen molar-refractivity contribution in [3.63, 3.8) is 0 Å². The minimum Gasteiger partial charge on any atom is -0.466 e. The molecule has 0 rings (SSSR count). The predicted octanol–water partition coefficient (Wildman–Crippen LogP) is 20.0. The normalized spacial score (nSPS) is 12.6. The Morgan fingerprint density at radius 3 is 0.971 bits per heavy atom. The number of rotatable bonds is 60. The van der Waals surface area contributed by atoms with Gasteiger partial charge in [-0.25, -0.2) is 0 Å². The maximum absolute atomic E-state index is 12.5. The van der Waals surface area contributed by atoms with Crippen LogP contribution in [0.15, 0.2) is 12.2 Å². The summed E-state index contributed by atoms with van der Waals surface area (Å²) in [5.41, 5.74) is 0. The minimum absolute atomic E-state index is 0.00535. The van der Waals surface area contributed by atoms with E-state index in [2.05, 4.69) is 19.2 Å². The molecule has 416 valence electrons. The van der Waals surface area contributed by atoms with Gasteiger partial charge >= 0.3 is 5.97 Å². The summed E-state index contributed by atoms with van der Waals surface area (Å²) in [6.07, 6.45) is 72.5. The smallest absolute Gasteiger partial charge is 0.305 e. The van der Waals surface area contributed by atoms with Crippen molar-refractivity contribution >= 4 is 11.9 Å². The second kappa shape index (κ2) is 60.2. The molecule has 0 saturated carbocycles. The monoisotopic (exact) mass is 988 g/mol. The van der Waals surface area contributed by atoms with E-state index in [9.17, 15) is 19.8 Å². The lowest BCUT2D eigenvalue weighted by Gasteiger charge is -2.20. The largest absolute Gasteiger partial charge is 0.466 e. The van der Waals surface area contributed by atoms with Crippen LogP contribution in [0.1, 0.15) is 361 Å². The molecule has 0 aromatic carbocycles. The third-order valence-electron chi connectivity index (χ3n) is 15.1. The number of hydrogen-bond donors (Lipinski definition) is 3. The second-order valence-electron chi connectivity index (χ2n) is 22.1. The van der Waals surface area contributed by atoms with Crippen LogP contribution in [0.25, 0.3) is 0 Å². The molecule has 6 nitrogen and oxygen atoms in total. The molecular weight excluding hydrogens is 863 g/mol. The first kappa shape index (κ1) is 68.6. The molecule has 6 heteroatoms. The average molecular weight is 989 g/mol. The van der Waals surface area contributed by atoms with Gasteiger partial charge in [0.2, 0.25) is 5.91 Å². The summed E-state index contributed by atoms with van der Waals surface area (Å²) >= 11 is 0. The van der Waals surface area contributed by atoms with E-state index in [-0.39, 0.29) is 18.5 Å². The van der Waals surface area contributed by atoms with E-state index in [0.29, 0.717) is 19.4 Å². The van der Waals surface area contributed by atoms with Crippen LogP contribution in [-0.4, -0.2) is 47.4 Å². The Balaban J connectivity index is 3.42. The van der Waals surface area contributed by atoms with E-state index in [1.54, 1.807) is 6.08 Å². The SMILES string of the molecule is CCCCCCCCCCCCCCCCCCC/C=C/C(O)C(CO)NC(=O)CCCCCCCCCCCCCCCCCOC(=O)CCCCCCCCCCCCCCCCCCCCC. The summed E-state index contributed by atoms with van der Waals surface area (Å²) in [6, 6.07) is -0.634. The van der Waals surface area contributed by atoms with Crippen LogP contribution in [0.4, 0.5) is 0 Å². The lowest BCUT2D eigenvalue weighted by atomic mass is 10.0. The van der Waals surface area contributed by atoms with Crippen LogP contribution in [-0.2, 0) is 14.3 Å². The number of ether oxygens (including phenoxy) is 1. The quantitative estimate of drug-likeness (QED) is 0.0321. The Hall–Kier alpha value is -1.40. The third kappa shape index (κ3) is 55.9. The van der Waals surface area contributed by atoms with Crippen molar-refractivity contribution < 1.29 is 24.5 Å². The van der Waals surface area contributed by atoms with Gasteiger partial charge in [0.25, 0.3) is 0 Å². The number of carbonyl (C=O) groups is 2. The molecule has 3 N–H and O–H groups in total. The van der Waals surface area contributed by atoms with E-state index >= 15 is 0 Å². The van der Waals surface area contributed by atoms with Crippen LogP contribution in [0.2, 0.25) is 0 Å². The van der Waals surface area contributed by atoms with Crippen LogP contribution < -0.4 is 5.32 Å². The van der Waals surface area contributed by atoms with Crippen LogP contribution >= 0.6 is 0 Å². The summed E-state index contributed by atoms with van der Waals surface area (Å²) in [7, 11) is 0. The van der Waals surface area contributed by atoms with Gasteiger partial charge in [-0.05, 0) is 32.1 Å². The van der Waals surface area contributed by atoms with Crippen molar-refractivity contribution in [1.82, 2.24) is 5.32 Å². The van der Waals surface area contributed by atoms with Crippen molar-refractivity contribution in [2.75, 3.05) is 13.2 Å². The topological polar surface area (TPSA) is 95.9 Å². The highest BCUT2D eigenvalue weighted by Crippen LogP contribution is 2.18. The summed E-state index contributed by atoms with van der Waals surface area (Å²) in [5, 5.41) is 23.2. The number of carbonyl (C=O) groups excluding carboxylic acids is 2. The first-order chi connectivity index (χ1) is 34.5. The molecule has 0 spiro atoms. The fraction of sp³-hybridized carbons (Fsp3) is 0.938. The highest BCUT2D eigenvalue weighted by Gasteiger charge is 2.18. The van der Waals surface area contributed by atoms with Crippen LogP contribution in [0, 0.1) is 0 Å². The summed E-state index contributed by atoms with van der Waals surface area (Å²) < 4.78 is 5.50. The zero-order valence-electron chi connectivity index (χ0n) is 47.5. The van der Waals surface area contributed by atoms with Crippen molar-refractivity contribution in [2.24, 2.45) is 0 Å². The van der Waals surface area contributed by atoms with Gasteiger partial charge in [0.05, 0.1) is 25.4 Å². The number of hydrogen-bond acceptors (Lipinski definition) is 5. The molecule has 0 saturated heterocycles. The fourth-order valence-corrected chi connectivity index (χ4v) is 10.2. The summed E-state index contributed by atoms with van der Waals surface area (Å²) in [4.78, 5) is 24.6. The maximum atomic E-state index is 12.5. The zero-order chi connectivity index (χ0) is 50.7. The van der Waals surface area contributed by atoms with E-state index < -0.39 is 12.1 Å². The maximum Gasteiger partial charge on any atom is 0.305 e. The van der Waals surface area contributed by atoms with Crippen molar-refractivity contribution in [1.29, 1.82) is 0 Å². The van der Waals surface area contributed by atoms with E-state index in [1.807, 2.05) is 6.08 Å². The number of aliphatic hydroxyl groups excluding tert-OH is 2. The number of unbranched alkanes of at least 4 members (excludes halogenated alkanes) is 49. The molecule has 0 fully saturated rings. The van der Waals surface area contributed by atoms with Gasteiger partial charge in [0, 0.05) is 12.8 Å². The number of amides is 1. The highest BCUT2D eigenvalue weighted by atomic mass is 16.5. The van der Waals surface area contributed by atoms with Crippen molar-refractivity contribution in [2.45, 2.75) is 373 Å². The molecule has 0 heterocycles. The van der Waals surface area contributed by atoms with E-state index in [0.717, 1.165) is 44.9 Å². The highest BCUT2D eigenvalue weighted by molar-refractivity contribution is 5.76. The van der Waals surface area contributed by atoms with Gasteiger partial charge in [-0.1, -0.05) is 328 Å². The molecule has 1 amide bonds. The van der Waals surface area contributed by atoms with Gasteiger partial charge in [0.15, 0.2) is 0 Å². The molecule has 2 atom stereocenters. The fourth-order valence-electron chi connectivity index (χ4n) is 10.2. The Labute approximate surface area is 438 Å². The molecule has 0 aromatic heterocycles. The standard InChI is InChI=1S/C64H125NO5/c1-3-5-7-9-11-13-15-17-19-21-23-25-28-32-36-40-44-48-52-56-62(67)61(60-66)65-63(68)57-53-49-45-41-37-33-29-27-31-35-39-43-47-51-55-59-70-64(69)58-54-50-46-42-38-34-30-26-24-22-20-18-16-14-12-10-8-6-4-2/h52,56,61-62,66-67H,3-51,53-55,57-60H2,1-2H3,(H,65,68)/b56-52+. The Kier molecular flexibility index (Phi) is 59.0. The van der Waals surface area contributed by atoms with E-state index in [1.165, 1.54) is 289 Å². The first-order valence-corrected chi connectivity index (χ1v) is 32.0. The molecule has 0 aromatic rings. The zero-order valence-corrected chi connectivity index (χ0v) is 47.5. The molecule has 0 radical (unpaired) electrons. The third-order valence-corrected chi connectivity index (χ3v) is 15.1. The first-order valence-electron chi connectivity index (χ1n) is 32.0. The lowest BCUT2D eigenvalue weighted by Crippen LogP contribution is -2.45. The molecule has 70 heavy (non-hydrogen) atoms. The van der Waals surface area contributed by atoms with Crippen LogP contribution in [0.3, 0.4) is 0 Å². The molecule has 0 aliphatic carbocycles. The molecule has 0 aliphatic heterocycles. The summed E-state index contributed by atoms with van der Waals surface area (Å²) in [5.74, 6) is -0.0672. The Bertz CT molecular complexity index is 1050. The second-order valence-corrected chi connectivity index (χ2v) is 22.1. The molecule has 0 bridgehead atoms. The predicted molar refractivity (Wildman–Crippen MR) is 306 cm³/mol. The molecular formula is C64H125NO5. The van der Waals surface area contributed by atoms with E-state index in [4.69, 9.17) is 4.74 Å². The lowest BCUT2D eigenvalue weighted by molar-refractivity contribution is -0.143. The van der Waals surface area contributed by atoms with Gasteiger partial charge < -0.3 is 20.3 Å². The Morgan fingerprint density at radius 2 is 0.657 bits per heavy atom. The van der Waals surface area contributed by atoms with Crippen LogP contribution in [0.5, 0.6) is 0 Å². The molecule has 2 unspecified atom stereocenters. The van der Waals surface area contributed by atoms with Crippen molar-refractivity contribution in [3.05, 3.63) is 12.2 Å². The van der Waals surface area contributed by atoms with Gasteiger partial charge in [-0.15, -0.1) is 0 Å². The molecule has 0 aliphatic rings. The van der Waals surface area contributed by atoms with Gasteiger partial charge in [-0.2, -0.15) is 0 Å². The number of esters is 1. The minimum atomic E-state index is -0.850. The number of allylic oxidation sites excluding steroid dienone is 1. The summed E-state index contributed by atoms with van der Waals surface area (Å²) in [6.45, 7) is 4.92. The number of aliphatic hydroxyl groups is 2. The van der Waals surface area contributed by atoms with Gasteiger partial charge in [0.1, 0.15) is 0 Å².